The lowest BCUT2D eigenvalue weighted by Gasteiger charge is -2.21. The monoisotopic (exact) mass is 680 g/mol. The molecule has 18 heteroatoms. The van der Waals surface area contributed by atoms with Gasteiger partial charge in [0.15, 0.2) is 11.0 Å². The molecule has 1 saturated heterocycles. The number of hydrogen-bond acceptors (Lipinski definition) is 8. The molecular weight excluding hydrogens is 658 g/mol. The normalized spacial score (nSPS) is 14.9. The van der Waals surface area contributed by atoms with Crippen LogP contribution in [-0.2, 0) is 16.2 Å². The van der Waals surface area contributed by atoms with Crippen molar-refractivity contribution in [2.75, 3.05) is 10.7 Å². The molecular formula is C29H22F6N6O5S. The molecule has 3 aromatic carbocycles. The van der Waals surface area contributed by atoms with E-state index in [1.807, 2.05) is 0 Å². The van der Waals surface area contributed by atoms with Crippen molar-refractivity contribution in [3.8, 4) is 28.6 Å². The van der Waals surface area contributed by atoms with E-state index in [2.05, 4.69) is 25.3 Å². The van der Waals surface area contributed by atoms with Gasteiger partial charge in [0.2, 0.25) is 5.91 Å². The molecule has 0 spiro atoms. The number of anilines is 1. The second-order valence-corrected chi connectivity index (χ2v) is 10.6. The molecule has 1 aliphatic heterocycles. The number of hydroxylamine groups is 1. The lowest BCUT2D eigenvalue weighted by molar-refractivity contribution is -0.274. The maximum atomic E-state index is 13.7. The van der Waals surface area contributed by atoms with E-state index in [1.54, 1.807) is 31.2 Å². The number of aromatic nitrogens is 3. The van der Waals surface area contributed by atoms with E-state index >= 15 is 0 Å². The topological polar surface area (TPSA) is 120 Å². The summed E-state index contributed by atoms with van der Waals surface area (Å²) in [5, 5.41) is 4.24. The van der Waals surface area contributed by atoms with Gasteiger partial charge in [0.1, 0.15) is 17.8 Å². The standard InChI is InChI=1S/C29H22F6N6O5S/c1-16-2-11-22(45-25(32)24(30)31)21(12-16)41-23(42)14-47-28(41)37-27(43)39-44-13-17-3-5-18(6-4-17)26-36-15-40(38-26)19-7-9-20(10-8-19)46-29(33,34)35/h2-12,15,24-25H,13-14H2,1H3,(H,39,43)/b37-28-. The Morgan fingerprint density at radius 3 is 2.47 bits per heavy atom. The van der Waals surface area contributed by atoms with Gasteiger partial charge in [0.05, 0.1) is 23.7 Å². The van der Waals surface area contributed by atoms with E-state index < -0.39 is 31.1 Å². The number of amides is 3. The molecule has 1 fully saturated rings. The Morgan fingerprint density at radius 1 is 1.06 bits per heavy atom. The molecule has 5 rings (SSSR count). The number of nitrogens with zero attached hydrogens (tertiary/aromatic N) is 5. The summed E-state index contributed by atoms with van der Waals surface area (Å²) in [7, 11) is 0. The highest BCUT2D eigenvalue weighted by Gasteiger charge is 2.34. The Morgan fingerprint density at radius 2 is 1.79 bits per heavy atom. The maximum Gasteiger partial charge on any atom is 0.573 e. The zero-order valence-corrected chi connectivity index (χ0v) is 24.8. The summed E-state index contributed by atoms with van der Waals surface area (Å²) < 4.78 is 86.3. The van der Waals surface area contributed by atoms with Crippen LogP contribution in [0.3, 0.4) is 0 Å². The summed E-state index contributed by atoms with van der Waals surface area (Å²) >= 11 is 0.906. The van der Waals surface area contributed by atoms with Gasteiger partial charge in [0, 0.05) is 5.56 Å². The fraction of sp³-hybridized carbons (Fsp3) is 0.207. The SMILES string of the molecule is Cc1ccc(OC(F)C(F)F)c(N2C(=O)CS/C2=N\C(=O)NOCc2ccc(-c3ncn(-c4ccc(OC(F)(F)F)cc4)n3)cc2)c1. The summed E-state index contributed by atoms with van der Waals surface area (Å²) in [5.74, 6) is -1.01. The Bertz CT molecular complexity index is 1770. The van der Waals surface area contributed by atoms with Crippen molar-refractivity contribution in [1.29, 1.82) is 0 Å². The highest BCUT2D eigenvalue weighted by Crippen LogP contribution is 2.36. The molecule has 1 aliphatic rings. The fourth-order valence-electron chi connectivity index (χ4n) is 4.12. The molecule has 0 radical (unpaired) electrons. The van der Waals surface area contributed by atoms with Crippen LogP contribution in [0.1, 0.15) is 11.1 Å². The van der Waals surface area contributed by atoms with Crippen molar-refractivity contribution in [2.24, 2.45) is 4.99 Å². The number of thioether (sulfide) groups is 1. The van der Waals surface area contributed by atoms with Crippen LogP contribution >= 0.6 is 11.8 Å². The molecule has 1 N–H and O–H groups in total. The Kier molecular flexibility index (Phi) is 10.00. The molecule has 246 valence electrons. The van der Waals surface area contributed by atoms with Crippen LogP contribution in [0.4, 0.5) is 36.8 Å². The smallest absolute Gasteiger partial charge is 0.452 e. The summed E-state index contributed by atoms with van der Waals surface area (Å²) in [5.41, 5.74) is 4.41. The molecule has 3 amide bonds. The van der Waals surface area contributed by atoms with Gasteiger partial charge in [-0.25, -0.2) is 28.7 Å². The zero-order valence-electron chi connectivity index (χ0n) is 24.0. The van der Waals surface area contributed by atoms with Crippen LogP contribution in [0.2, 0.25) is 0 Å². The van der Waals surface area contributed by atoms with Crippen molar-refractivity contribution in [2.45, 2.75) is 32.7 Å². The van der Waals surface area contributed by atoms with Gasteiger partial charge >= 0.3 is 18.8 Å². The minimum Gasteiger partial charge on any atom is -0.452 e. The van der Waals surface area contributed by atoms with Gasteiger partial charge in [-0.1, -0.05) is 42.1 Å². The summed E-state index contributed by atoms with van der Waals surface area (Å²) in [6.45, 7) is 1.58. The van der Waals surface area contributed by atoms with E-state index in [4.69, 9.17) is 9.57 Å². The Labute approximate surface area is 266 Å². The lowest BCUT2D eigenvalue weighted by Crippen LogP contribution is -2.32. The quantitative estimate of drug-likeness (QED) is 0.152. The fourth-order valence-corrected chi connectivity index (χ4v) is 4.98. The van der Waals surface area contributed by atoms with Gasteiger partial charge in [-0.3, -0.25) is 14.5 Å². The van der Waals surface area contributed by atoms with Crippen LogP contribution in [0.15, 0.2) is 78.0 Å². The predicted octanol–water partition coefficient (Wildman–Crippen LogP) is 6.36. The van der Waals surface area contributed by atoms with Gasteiger partial charge < -0.3 is 9.47 Å². The number of nitrogens with one attached hydrogen (secondary N) is 1. The first-order valence-corrected chi connectivity index (χ1v) is 14.4. The van der Waals surface area contributed by atoms with Crippen molar-refractivity contribution < 1.29 is 50.2 Å². The largest absolute Gasteiger partial charge is 0.573 e. The molecule has 47 heavy (non-hydrogen) atoms. The van der Waals surface area contributed by atoms with E-state index in [9.17, 15) is 35.9 Å². The summed E-state index contributed by atoms with van der Waals surface area (Å²) in [6, 6.07) is 15.0. The van der Waals surface area contributed by atoms with Crippen LogP contribution in [-0.4, -0.2) is 56.8 Å². The number of rotatable bonds is 10. The third kappa shape index (κ3) is 8.59. The van der Waals surface area contributed by atoms with Crippen molar-refractivity contribution in [3.05, 3.63) is 84.2 Å². The third-order valence-electron chi connectivity index (χ3n) is 6.19. The van der Waals surface area contributed by atoms with Crippen LogP contribution in [0.5, 0.6) is 11.5 Å². The number of aliphatic imine (C=N–C) groups is 1. The number of benzene rings is 3. The summed E-state index contributed by atoms with van der Waals surface area (Å²) in [6.07, 6.45) is -9.75. The number of urea groups is 1. The average Bonchev–Trinajstić information content (AvgIpc) is 3.65. The van der Waals surface area contributed by atoms with Gasteiger partial charge in [0.25, 0.3) is 6.36 Å². The van der Waals surface area contributed by atoms with Crippen molar-refractivity contribution in [1.82, 2.24) is 20.2 Å². The molecule has 0 bridgehead atoms. The third-order valence-corrected chi connectivity index (χ3v) is 7.12. The summed E-state index contributed by atoms with van der Waals surface area (Å²) in [4.78, 5) is 39.4. The van der Waals surface area contributed by atoms with E-state index in [0.29, 0.717) is 28.2 Å². The lowest BCUT2D eigenvalue weighted by atomic mass is 10.1. The predicted molar refractivity (Wildman–Crippen MR) is 157 cm³/mol. The Balaban J connectivity index is 1.18. The number of carbonyl (C=O) groups excluding carboxylic acids is 2. The second kappa shape index (κ2) is 14.1. The first-order valence-electron chi connectivity index (χ1n) is 13.4. The minimum absolute atomic E-state index is 0.0522. The first-order chi connectivity index (χ1) is 22.4. The Hall–Kier alpha value is -5.10. The van der Waals surface area contributed by atoms with E-state index in [0.717, 1.165) is 28.8 Å². The number of hydrogen-bond donors (Lipinski definition) is 1. The highest BCUT2D eigenvalue weighted by atomic mass is 32.2. The maximum absolute atomic E-state index is 13.7. The number of alkyl halides is 6. The highest BCUT2D eigenvalue weighted by molar-refractivity contribution is 8.15. The van der Waals surface area contributed by atoms with Crippen molar-refractivity contribution in [3.63, 3.8) is 0 Å². The number of halogens is 6. The molecule has 1 atom stereocenters. The molecule has 0 aliphatic carbocycles. The van der Waals surface area contributed by atoms with E-state index in [1.165, 1.54) is 41.3 Å². The molecule has 11 nitrogen and oxygen atoms in total. The number of carbonyl (C=O) groups is 2. The molecule has 2 heterocycles. The number of ether oxygens (including phenoxy) is 2. The second-order valence-electron chi connectivity index (χ2n) is 9.63. The van der Waals surface area contributed by atoms with Crippen LogP contribution in [0.25, 0.3) is 17.1 Å². The molecule has 4 aromatic rings. The van der Waals surface area contributed by atoms with Crippen LogP contribution in [0, 0.1) is 6.92 Å². The number of amidine groups is 1. The van der Waals surface area contributed by atoms with Gasteiger partial charge in [-0.15, -0.1) is 18.3 Å². The van der Waals surface area contributed by atoms with Gasteiger partial charge in [-0.2, -0.15) is 9.38 Å². The van der Waals surface area contributed by atoms with Gasteiger partial charge in [-0.05, 0) is 54.4 Å². The van der Waals surface area contributed by atoms with E-state index in [-0.39, 0.29) is 34.7 Å². The zero-order chi connectivity index (χ0) is 33.7. The van der Waals surface area contributed by atoms with Crippen LogP contribution < -0.4 is 19.9 Å². The molecule has 1 unspecified atom stereocenters. The minimum atomic E-state index is -4.80. The molecule has 1 aromatic heterocycles. The molecule has 0 saturated carbocycles. The number of aryl methyl sites for hydroxylation is 1. The first kappa shape index (κ1) is 33.3. The van der Waals surface area contributed by atoms with Crippen molar-refractivity contribution >= 4 is 34.6 Å². The average molecular weight is 681 g/mol.